The van der Waals surface area contributed by atoms with Crippen LogP contribution in [0.25, 0.3) is 5.78 Å². The Morgan fingerprint density at radius 1 is 1.53 bits per heavy atom. The van der Waals surface area contributed by atoms with E-state index in [4.69, 9.17) is 5.84 Å². The molecular weight excluding hydrogens is 220 g/mol. The number of amides is 1. The van der Waals surface area contributed by atoms with Crippen molar-refractivity contribution in [2.75, 3.05) is 0 Å². The molecule has 17 heavy (non-hydrogen) atoms. The van der Waals surface area contributed by atoms with Gasteiger partial charge in [-0.05, 0) is 25.8 Å². The smallest absolute Gasteiger partial charge is 0.255 e. The largest absolute Gasteiger partial charge is 0.294 e. The van der Waals surface area contributed by atoms with E-state index in [1.165, 1.54) is 0 Å². The van der Waals surface area contributed by atoms with Crippen molar-refractivity contribution < 1.29 is 4.79 Å². The van der Waals surface area contributed by atoms with Gasteiger partial charge in [0.15, 0.2) is 0 Å². The number of nitrogens with two attached hydrogens (primary N) is 1. The number of carbonyl (C=O) groups excluding carboxylic acids is 1. The first-order chi connectivity index (χ1) is 8.13. The number of fused-ring (bicyclic) bond motifs is 1. The third-order valence-electron chi connectivity index (χ3n) is 2.80. The van der Waals surface area contributed by atoms with Crippen molar-refractivity contribution >= 4 is 11.7 Å². The first-order valence-electron chi connectivity index (χ1n) is 5.28. The number of aromatic nitrogens is 4. The van der Waals surface area contributed by atoms with Gasteiger partial charge < -0.3 is 0 Å². The highest BCUT2D eigenvalue weighted by atomic mass is 16.2. The Morgan fingerprint density at radius 3 is 3.00 bits per heavy atom. The summed E-state index contributed by atoms with van der Waals surface area (Å²) in [6.45, 7) is 3.86. The van der Waals surface area contributed by atoms with Crippen LogP contribution in [0.4, 0.5) is 0 Å². The fourth-order valence-corrected chi connectivity index (χ4v) is 1.84. The number of nitrogens with one attached hydrogen (secondary N) is 1. The first-order valence-corrected chi connectivity index (χ1v) is 5.28. The summed E-state index contributed by atoms with van der Waals surface area (Å²) in [6, 6.07) is 0. The number of hydrogen-bond donors (Lipinski definition) is 2. The second-order valence-electron chi connectivity index (χ2n) is 3.83. The molecule has 2 rings (SSSR count). The maximum Gasteiger partial charge on any atom is 0.255 e. The van der Waals surface area contributed by atoms with Gasteiger partial charge in [-0.3, -0.25) is 14.6 Å². The van der Waals surface area contributed by atoms with E-state index in [2.05, 4.69) is 20.6 Å². The van der Waals surface area contributed by atoms with E-state index in [9.17, 15) is 4.79 Å². The van der Waals surface area contributed by atoms with Crippen LogP contribution in [-0.2, 0) is 11.2 Å². The van der Waals surface area contributed by atoms with Gasteiger partial charge in [0.05, 0.1) is 0 Å². The molecule has 90 valence electrons. The molecule has 0 bridgehead atoms. The summed E-state index contributed by atoms with van der Waals surface area (Å²) in [5.74, 6) is 5.43. The number of hydrogen-bond acceptors (Lipinski definition) is 5. The second-order valence-corrected chi connectivity index (χ2v) is 3.83. The molecule has 7 heteroatoms. The van der Waals surface area contributed by atoms with Crippen molar-refractivity contribution in [1.82, 2.24) is 25.0 Å². The van der Waals surface area contributed by atoms with Crippen molar-refractivity contribution in [1.29, 1.82) is 0 Å². The van der Waals surface area contributed by atoms with Gasteiger partial charge in [-0.1, -0.05) is 0 Å². The van der Waals surface area contributed by atoms with Crippen LogP contribution >= 0.6 is 0 Å². The minimum atomic E-state index is -0.187. The summed E-state index contributed by atoms with van der Waals surface area (Å²) in [4.78, 5) is 15.5. The molecule has 0 aliphatic rings. The zero-order valence-corrected chi connectivity index (χ0v) is 9.77. The molecular formula is C10H14N6O. The van der Waals surface area contributed by atoms with E-state index in [1.54, 1.807) is 6.33 Å². The van der Waals surface area contributed by atoms with Gasteiger partial charge in [0.25, 0.3) is 5.78 Å². The maximum absolute atomic E-state index is 11.1. The number of carbonyl (C=O) groups is 1. The zero-order chi connectivity index (χ0) is 12.4. The molecule has 0 spiro atoms. The van der Waals surface area contributed by atoms with Gasteiger partial charge >= 0.3 is 0 Å². The van der Waals surface area contributed by atoms with Crippen LogP contribution in [-0.4, -0.2) is 25.5 Å². The maximum atomic E-state index is 11.1. The van der Waals surface area contributed by atoms with Crippen LogP contribution in [0, 0.1) is 13.8 Å². The van der Waals surface area contributed by atoms with Gasteiger partial charge in [0.1, 0.15) is 6.33 Å². The lowest BCUT2D eigenvalue weighted by Gasteiger charge is -2.10. The fraction of sp³-hybridized carbons (Fsp3) is 0.400. The Hall–Kier alpha value is -2.02. The Bertz CT molecular complexity index is 561. The third kappa shape index (κ3) is 2.09. The van der Waals surface area contributed by atoms with Gasteiger partial charge in [0, 0.05) is 17.8 Å². The highest BCUT2D eigenvalue weighted by Crippen LogP contribution is 2.14. The molecule has 0 fully saturated rings. The summed E-state index contributed by atoms with van der Waals surface area (Å²) < 4.78 is 1.81. The van der Waals surface area contributed by atoms with Crippen LogP contribution in [0.15, 0.2) is 6.33 Å². The Kier molecular flexibility index (Phi) is 3.01. The number of aryl methyl sites for hydroxylation is 2. The summed E-state index contributed by atoms with van der Waals surface area (Å²) in [5.41, 5.74) is 5.01. The predicted octanol–water partition coefficient (Wildman–Crippen LogP) is -0.336. The molecule has 3 N–H and O–H groups in total. The van der Waals surface area contributed by atoms with E-state index in [0.29, 0.717) is 18.6 Å². The minimum Gasteiger partial charge on any atom is -0.294 e. The SMILES string of the molecule is Cc1nc2nncn2c(C)c1CCC(=O)NN. The molecule has 0 aliphatic carbocycles. The molecule has 0 unspecified atom stereocenters. The van der Waals surface area contributed by atoms with E-state index >= 15 is 0 Å². The Labute approximate surface area is 98.0 Å². The van der Waals surface area contributed by atoms with Crippen molar-refractivity contribution in [3.8, 4) is 0 Å². The lowest BCUT2D eigenvalue weighted by atomic mass is 10.1. The summed E-state index contributed by atoms with van der Waals surface area (Å²) in [6.07, 6.45) is 2.55. The first kappa shape index (κ1) is 11.5. The molecule has 0 aromatic carbocycles. The van der Waals surface area contributed by atoms with E-state index in [1.807, 2.05) is 18.2 Å². The Balaban J connectivity index is 2.35. The summed E-state index contributed by atoms with van der Waals surface area (Å²) in [7, 11) is 0. The average Bonchev–Trinajstić information content (AvgIpc) is 2.76. The monoisotopic (exact) mass is 234 g/mol. The lowest BCUT2D eigenvalue weighted by Crippen LogP contribution is -2.30. The zero-order valence-electron chi connectivity index (χ0n) is 9.77. The molecule has 0 radical (unpaired) electrons. The van der Waals surface area contributed by atoms with Crippen LogP contribution in [0.1, 0.15) is 23.4 Å². The second kappa shape index (κ2) is 4.46. The quantitative estimate of drug-likeness (QED) is 0.430. The topological polar surface area (TPSA) is 98.2 Å². The van der Waals surface area contributed by atoms with E-state index < -0.39 is 0 Å². The highest BCUT2D eigenvalue weighted by molar-refractivity contribution is 5.75. The van der Waals surface area contributed by atoms with Gasteiger partial charge in [-0.25, -0.2) is 10.8 Å². The van der Waals surface area contributed by atoms with Gasteiger partial charge in [-0.15, -0.1) is 10.2 Å². The normalized spacial score (nSPS) is 10.8. The molecule has 0 atom stereocenters. The standard InChI is InChI=1S/C10H14N6O/c1-6-8(3-4-9(17)14-11)7(2)16-5-12-15-10(16)13-6/h5H,3-4,11H2,1-2H3,(H,14,17). The van der Waals surface area contributed by atoms with Crippen molar-refractivity contribution in [2.45, 2.75) is 26.7 Å². The van der Waals surface area contributed by atoms with Gasteiger partial charge in [0.2, 0.25) is 5.91 Å². The van der Waals surface area contributed by atoms with Crippen LogP contribution in [0.3, 0.4) is 0 Å². The van der Waals surface area contributed by atoms with E-state index in [-0.39, 0.29) is 5.91 Å². The molecule has 0 saturated heterocycles. The molecule has 0 aliphatic heterocycles. The van der Waals surface area contributed by atoms with Gasteiger partial charge in [-0.2, -0.15) is 0 Å². The highest BCUT2D eigenvalue weighted by Gasteiger charge is 2.11. The summed E-state index contributed by atoms with van der Waals surface area (Å²) >= 11 is 0. The third-order valence-corrected chi connectivity index (χ3v) is 2.80. The molecule has 0 saturated carbocycles. The molecule has 7 nitrogen and oxygen atoms in total. The molecule has 2 aromatic heterocycles. The lowest BCUT2D eigenvalue weighted by molar-refractivity contribution is -0.121. The predicted molar refractivity (Wildman–Crippen MR) is 60.9 cm³/mol. The fourth-order valence-electron chi connectivity index (χ4n) is 1.84. The van der Waals surface area contributed by atoms with Crippen molar-refractivity contribution in [3.63, 3.8) is 0 Å². The molecule has 2 aromatic rings. The van der Waals surface area contributed by atoms with Crippen LogP contribution in [0.5, 0.6) is 0 Å². The molecule has 2 heterocycles. The molecule has 1 amide bonds. The van der Waals surface area contributed by atoms with Crippen LogP contribution in [0.2, 0.25) is 0 Å². The van der Waals surface area contributed by atoms with Crippen molar-refractivity contribution in [2.24, 2.45) is 5.84 Å². The average molecular weight is 234 g/mol. The Morgan fingerprint density at radius 2 is 2.29 bits per heavy atom. The minimum absolute atomic E-state index is 0.187. The summed E-state index contributed by atoms with van der Waals surface area (Å²) in [5, 5.41) is 7.70. The number of nitrogens with zero attached hydrogens (tertiary/aromatic N) is 4. The van der Waals surface area contributed by atoms with Crippen molar-refractivity contribution in [3.05, 3.63) is 23.3 Å². The number of rotatable bonds is 3. The van der Waals surface area contributed by atoms with E-state index in [0.717, 1.165) is 17.0 Å². The number of hydrazine groups is 1. The van der Waals surface area contributed by atoms with Crippen LogP contribution < -0.4 is 11.3 Å².